The zero-order valence-electron chi connectivity index (χ0n) is 25.1. The van der Waals surface area contributed by atoms with Crippen molar-refractivity contribution in [3.05, 3.63) is 120 Å². The Hall–Kier alpha value is -4.70. The number of hydrogen-bond donors (Lipinski definition) is 0. The van der Waals surface area contributed by atoms with E-state index in [2.05, 4.69) is 4.99 Å². The Labute approximate surface area is 258 Å². The number of ether oxygens (including phenoxy) is 4. The highest BCUT2D eigenvalue weighted by molar-refractivity contribution is 7.07. The number of nitrogens with zero attached hydrogens (tertiary/aromatic N) is 2. The van der Waals surface area contributed by atoms with Crippen LogP contribution in [0.2, 0.25) is 0 Å². The summed E-state index contributed by atoms with van der Waals surface area (Å²) in [7, 11) is 1.54. The predicted molar refractivity (Wildman–Crippen MR) is 166 cm³/mol. The van der Waals surface area contributed by atoms with E-state index in [0.29, 0.717) is 37.8 Å². The van der Waals surface area contributed by atoms with Crippen molar-refractivity contribution >= 4 is 23.4 Å². The number of methoxy groups -OCH3 is 1. The van der Waals surface area contributed by atoms with E-state index >= 15 is 0 Å². The molecule has 3 aromatic carbocycles. The molecule has 0 fully saturated rings. The highest BCUT2D eigenvalue weighted by Crippen LogP contribution is 2.36. The fourth-order valence-electron chi connectivity index (χ4n) is 4.92. The number of halogens is 1. The Morgan fingerprint density at radius 1 is 1.09 bits per heavy atom. The number of esters is 1. The maximum absolute atomic E-state index is 14.0. The maximum atomic E-state index is 14.0. The first-order chi connectivity index (χ1) is 21.2. The van der Waals surface area contributed by atoms with E-state index in [9.17, 15) is 14.0 Å². The van der Waals surface area contributed by atoms with Crippen LogP contribution in [0.1, 0.15) is 50.4 Å². The lowest BCUT2D eigenvalue weighted by Gasteiger charge is -2.25. The topological polar surface area (TPSA) is 88.4 Å². The summed E-state index contributed by atoms with van der Waals surface area (Å²) in [4.78, 5) is 32.3. The fraction of sp³-hybridized carbons (Fsp3) is 0.265. The number of hydrogen-bond acceptors (Lipinski definition) is 8. The lowest BCUT2D eigenvalue weighted by Crippen LogP contribution is -2.40. The van der Waals surface area contributed by atoms with E-state index in [1.165, 1.54) is 28.0 Å². The van der Waals surface area contributed by atoms with Crippen LogP contribution in [0.3, 0.4) is 0 Å². The lowest BCUT2D eigenvalue weighted by atomic mass is 9.95. The SMILES string of the molecule is CCOC(=O)C1=C(C)N=c2s/c(=C\c3ccc(OCc4cccc(F)c4)cc3)c(=O)n2[C@H]1c1ccc(OC(C)C)c(OC)c1. The molecule has 0 bridgehead atoms. The third kappa shape index (κ3) is 6.60. The molecule has 0 N–H and O–H groups in total. The molecule has 4 aromatic rings. The van der Waals surface area contributed by atoms with E-state index in [1.54, 1.807) is 63.4 Å². The molecule has 0 saturated carbocycles. The minimum atomic E-state index is -0.784. The molecule has 0 unspecified atom stereocenters. The predicted octanol–water partition coefficient (Wildman–Crippen LogP) is 5.31. The van der Waals surface area contributed by atoms with Gasteiger partial charge in [0.25, 0.3) is 5.56 Å². The van der Waals surface area contributed by atoms with Gasteiger partial charge in [0.05, 0.1) is 41.7 Å². The van der Waals surface area contributed by atoms with Crippen molar-refractivity contribution in [2.24, 2.45) is 4.99 Å². The molecule has 5 rings (SSSR count). The average molecular weight is 617 g/mol. The summed E-state index contributed by atoms with van der Waals surface area (Å²) >= 11 is 1.24. The fourth-order valence-corrected chi connectivity index (χ4v) is 5.96. The number of thiazole rings is 1. The first kappa shape index (κ1) is 30.7. The van der Waals surface area contributed by atoms with Crippen molar-refractivity contribution in [1.29, 1.82) is 0 Å². The molecule has 0 saturated heterocycles. The van der Waals surface area contributed by atoms with Crippen molar-refractivity contribution in [1.82, 2.24) is 4.57 Å². The Morgan fingerprint density at radius 2 is 1.86 bits per heavy atom. The van der Waals surface area contributed by atoms with Crippen LogP contribution in [0.5, 0.6) is 17.2 Å². The molecule has 2 heterocycles. The molecule has 8 nitrogen and oxygen atoms in total. The molecule has 0 aliphatic carbocycles. The molecule has 1 aliphatic rings. The lowest BCUT2D eigenvalue weighted by molar-refractivity contribution is -0.139. The Balaban J connectivity index is 1.52. The van der Waals surface area contributed by atoms with Gasteiger partial charge in [-0.25, -0.2) is 14.2 Å². The molecule has 1 aliphatic heterocycles. The molecule has 10 heteroatoms. The van der Waals surface area contributed by atoms with Gasteiger partial charge in [0, 0.05) is 0 Å². The monoisotopic (exact) mass is 616 g/mol. The van der Waals surface area contributed by atoms with Gasteiger partial charge in [-0.2, -0.15) is 0 Å². The second-order valence-electron chi connectivity index (χ2n) is 10.4. The third-order valence-corrected chi connectivity index (χ3v) is 7.84. The van der Waals surface area contributed by atoms with Crippen molar-refractivity contribution < 1.29 is 28.1 Å². The minimum Gasteiger partial charge on any atom is -0.493 e. The van der Waals surface area contributed by atoms with Crippen molar-refractivity contribution in [3.8, 4) is 17.2 Å². The van der Waals surface area contributed by atoms with Gasteiger partial charge in [-0.15, -0.1) is 0 Å². The van der Waals surface area contributed by atoms with E-state index in [4.69, 9.17) is 18.9 Å². The van der Waals surface area contributed by atoms with Gasteiger partial charge in [0.1, 0.15) is 18.2 Å². The van der Waals surface area contributed by atoms with Gasteiger partial charge in [-0.3, -0.25) is 9.36 Å². The van der Waals surface area contributed by atoms with E-state index in [0.717, 1.165) is 11.1 Å². The molecule has 0 amide bonds. The molecular weight excluding hydrogens is 583 g/mol. The Morgan fingerprint density at radius 3 is 2.55 bits per heavy atom. The number of allylic oxidation sites excluding steroid dienone is 1. The van der Waals surface area contributed by atoms with Crippen molar-refractivity contribution in [3.63, 3.8) is 0 Å². The summed E-state index contributed by atoms with van der Waals surface area (Å²) in [5, 5.41) is 0. The highest BCUT2D eigenvalue weighted by Gasteiger charge is 2.34. The zero-order valence-corrected chi connectivity index (χ0v) is 25.9. The zero-order chi connectivity index (χ0) is 31.4. The minimum absolute atomic E-state index is 0.0706. The maximum Gasteiger partial charge on any atom is 0.338 e. The van der Waals surface area contributed by atoms with Gasteiger partial charge >= 0.3 is 5.97 Å². The van der Waals surface area contributed by atoms with Crippen LogP contribution in [-0.4, -0.2) is 30.4 Å². The van der Waals surface area contributed by atoms with Crippen LogP contribution < -0.4 is 29.1 Å². The quantitative estimate of drug-likeness (QED) is 0.225. The third-order valence-electron chi connectivity index (χ3n) is 6.86. The number of carbonyl (C=O) groups is 1. The van der Waals surface area contributed by atoms with E-state index in [1.807, 2.05) is 32.0 Å². The smallest absolute Gasteiger partial charge is 0.338 e. The summed E-state index contributed by atoms with van der Waals surface area (Å²) < 4.78 is 38.1. The molecular formula is C34H33FN2O6S. The molecule has 44 heavy (non-hydrogen) atoms. The molecule has 0 radical (unpaired) electrons. The van der Waals surface area contributed by atoms with E-state index < -0.39 is 12.0 Å². The van der Waals surface area contributed by atoms with Crippen molar-refractivity contribution in [2.75, 3.05) is 13.7 Å². The summed E-state index contributed by atoms with van der Waals surface area (Å²) in [6.45, 7) is 7.73. The molecule has 228 valence electrons. The highest BCUT2D eigenvalue weighted by atomic mass is 32.1. The molecule has 1 aromatic heterocycles. The number of aromatic nitrogens is 1. The number of carbonyl (C=O) groups excluding carboxylic acids is 1. The van der Waals surface area contributed by atoms with Gasteiger partial charge in [0.15, 0.2) is 16.3 Å². The van der Waals surface area contributed by atoms with Crippen LogP contribution in [0.15, 0.2) is 87.8 Å². The van der Waals surface area contributed by atoms with Crippen molar-refractivity contribution in [2.45, 2.75) is 46.4 Å². The normalized spacial score (nSPS) is 14.7. The summed E-state index contributed by atoms with van der Waals surface area (Å²) in [6, 6.07) is 18.1. The second-order valence-corrected chi connectivity index (χ2v) is 11.4. The number of benzene rings is 3. The molecule has 0 spiro atoms. The van der Waals surface area contributed by atoms with Gasteiger partial charge in [0.2, 0.25) is 0 Å². The second kappa shape index (κ2) is 13.3. The number of rotatable bonds is 10. The Bertz CT molecular complexity index is 1890. The van der Waals surface area contributed by atoms with Crippen LogP contribution in [0.4, 0.5) is 4.39 Å². The van der Waals surface area contributed by atoms with Crippen LogP contribution in [0, 0.1) is 5.82 Å². The summed E-state index contributed by atoms with van der Waals surface area (Å²) in [5.41, 5.74) is 2.63. The van der Waals surface area contributed by atoms with Gasteiger partial charge in [-0.1, -0.05) is 41.7 Å². The Kier molecular flexibility index (Phi) is 9.29. The first-order valence-corrected chi connectivity index (χ1v) is 15.0. The van der Waals surface area contributed by atoms with Crippen LogP contribution in [0.25, 0.3) is 6.08 Å². The van der Waals surface area contributed by atoms with Gasteiger partial charge < -0.3 is 18.9 Å². The standard InChI is InChI=1S/C34H33FN2O6S/c1-6-41-33(39)30-21(4)36-34-37(31(30)24-12-15-27(43-20(2)3)28(18-24)40-5)32(38)29(44-34)17-22-10-13-26(14-11-22)42-19-23-8-7-9-25(35)16-23/h7-18,20,31H,6,19H2,1-5H3/b29-17-/t31-/m0/s1. The van der Waals surface area contributed by atoms with E-state index in [-0.39, 0.29) is 36.3 Å². The number of fused-ring (bicyclic) bond motifs is 1. The van der Waals surface area contributed by atoms with Crippen LogP contribution in [-0.2, 0) is 16.1 Å². The summed E-state index contributed by atoms with van der Waals surface area (Å²) in [6.07, 6.45) is 1.71. The average Bonchev–Trinajstić information content (AvgIpc) is 3.30. The summed E-state index contributed by atoms with van der Waals surface area (Å²) in [5.74, 6) is 0.798. The van der Waals surface area contributed by atoms with Crippen LogP contribution >= 0.6 is 11.3 Å². The van der Waals surface area contributed by atoms with Gasteiger partial charge in [-0.05, 0) is 86.9 Å². The molecule has 1 atom stereocenters. The first-order valence-electron chi connectivity index (χ1n) is 14.2. The largest absolute Gasteiger partial charge is 0.493 e.